The summed E-state index contributed by atoms with van der Waals surface area (Å²) in [4.78, 5) is 0. The van der Waals surface area contributed by atoms with Crippen LogP contribution in [0.5, 0.6) is 0 Å². The standard InChI is InChI=1S/C2H7N.Mn/c1-2-3;/h2-3H2,1H3;. The molecule has 0 amide bonds. The Morgan fingerprint density at radius 1 is 1.75 bits per heavy atom. The topological polar surface area (TPSA) is 26.0 Å². The second-order valence-electron chi connectivity index (χ2n) is 0.408. The Morgan fingerprint density at radius 2 is 1.75 bits per heavy atom. The molecule has 1 radical (unpaired) electrons. The molecule has 0 bridgehead atoms. The van der Waals surface area contributed by atoms with Gasteiger partial charge in [0.1, 0.15) is 0 Å². The first-order valence-electron chi connectivity index (χ1n) is 1.12. The third kappa shape index (κ3) is 23.6. The van der Waals surface area contributed by atoms with E-state index >= 15 is 0 Å². The molecule has 0 spiro atoms. The van der Waals surface area contributed by atoms with Gasteiger partial charge < -0.3 is 5.73 Å². The molecule has 0 rings (SSSR count). The Balaban J connectivity index is 0. The smallest absolute Gasteiger partial charge is 0 e. The van der Waals surface area contributed by atoms with Gasteiger partial charge >= 0.3 is 0 Å². The predicted molar refractivity (Wildman–Crippen MR) is 14.7 cm³/mol. The van der Waals surface area contributed by atoms with E-state index in [1.54, 1.807) is 0 Å². The van der Waals surface area contributed by atoms with E-state index in [-0.39, 0.29) is 17.1 Å². The van der Waals surface area contributed by atoms with Gasteiger partial charge in [-0.2, -0.15) is 0 Å². The van der Waals surface area contributed by atoms with Gasteiger partial charge in [-0.05, 0) is 6.54 Å². The van der Waals surface area contributed by atoms with Crippen LogP contribution in [-0.4, -0.2) is 6.54 Å². The molecule has 0 aromatic heterocycles. The summed E-state index contributed by atoms with van der Waals surface area (Å²) in [5.74, 6) is 0. The van der Waals surface area contributed by atoms with Gasteiger partial charge in [0.15, 0.2) is 0 Å². The third-order valence-corrected chi connectivity index (χ3v) is 0. The Hall–Kier alpha value is 0.479. The summed E-state index contributed by atoms with van der Waals surface area (Å²) in [7, 11) is 0. The fraction of sp³-hybridized carbons (Fsp3) is 1.00. The Morgan fingerprint density at radius 3 is 1.75 bits per heavy atom. The van der Waals surface area contributed by atoms with Crippen LogP contribution in [0.3, 0.4) is 0 Å². The average molecular weight is 100 g/mol. The van der Waals surface area contributed by atoms with E-state index in [1.165, 1.54) is 0 Å². The van der Waals surface area contributed by atoms with Crippen molar-refractivity contribution in [2.45, 2.75) is 6.92 Å². The van der Waals surface area contributed by atoms with Crippen molar-refractivity contribution in [2.75, 3.05) is 6.54 Å². The van der Waals surface area contributed by atoms with E-state index in [9.17, 15) is 0 Å². The van der Waals surface area contributed by atoms with Gasteiger partial charge in [0.25, 0.3) is 0 Å². The molecular formula is C2H7MnN. The first-order chi connectivity index (χ1) is 1.41. The fourth-order valence-electron chi connectivity index (χ4n) is 0. The molecule has 0 saturated heterocycles. The van der Waals surface area contributed by atoms with Crippen LogP contribution < -0.4 is 5.73 Å². The van der Waals surface area contributed by atoms with Crippen LogP contribution in [0, 0.1) is 0 Å². The van der Waals surface area contributed by atoms with Gasteiger partial charge in [-0.25, -0.2) is 0 Å². The van der Waals surface area contributed by atoms with Crippen LogP contribution in [0.1, 0.15) is 6.92 Å². The van der Waals surface area contributed by atoms with Crippen LogP contribution in [0.15, 0.2) is 0 Å². The minimum atomic E-state index is 0. The summed E-state index contributed by atoms with van der Waals surface area (Å²) >= 11 is 0. The van der Waals surface area contributed by atoms with Crippen LogP contribution in [0.2, 0.25) is 0 Å². The molecule has 1 nitrogen and oxygen atoms in total. The molecule has 0 unspecified atom stereocenters. The largest absolute Gasteiger partial charge is 0.331 e. The van der Waals surface area contributed by atoms with E-state index in [0.717, 1.165) is 6.54 Å². The fourth-order valence-corrected chi connectivity index (χ4v) is 0. The Kier molecular flexibility index (Phi) is 21.6. The van der Waals surface area contributed by atoms with Crippen molar-refractivity contribution in [3.05, 3.63) is 0 Å². The van der Waals surface area contributed by atoms with Crippen LogP contribution in [-0.2, 0) is 17.1 Å². The quantitative estimate of drug-likeness (QED) is 0.425. The first-order valence-corrected chi connectivity index (χ1v) is 1.12. The van der Waals surface area contributed by atoms with Crippen molar-refractivity contribution in [1.29, 1.82) is 0 Å². The molecule has 0 atom stereocenters. The SMILES string of the molecule is CCN.[Mn]. The van der Waals surface area contributed by atoms with E-state index < -0.39 is 0 Å². The number of hydrogen-bond acceptors (Lipinski definition) is 1. The Labute approximate surface area is 37.0 Å². The molecule has 0 aromatic carbocycles. The van der Waals surface area contributed by atoms with Gasteiger partial charge in [0.2, 0.25) is 0 Å². The van der Waals surface area contributed by atoms with Crippen LogP contribution in [0.25, 0.3) is 0 Å². The van der Waals surface area contributed by atoms with Crippen molar-refractivity contribution < 1.29 is 17.1 Å². The van der Waals surface area contributed by atoms with Gasteiger partial charge in [-0.1, -0.05) is 6.92 Å². The zero-order valence-corrected chi connectivity index (χ0v) is 3.84. The Bertz CT molecular complexity index is 6.00. The second kappa shape index (κ2) is 9.77. The number of nitrogens with two attached hydrogens (primary N) is 1. The minimum absolute atomic E-state index is 0. The molecule has 0 saturated carbocycles. The summed E-state index contributed by atoms with van der Waals surface area (Å²) in [5.41, 5.74) is 4.85. The molecule has 4 heavy (non-hydrogen) atoms. The summed E-state index contributed by atoms with van der Waals surface area (Å²) in [6.07, 6.45) is 0. The minimum Gasteiger partial charge on any atom is -0.331 e. The van der Waals surface area contributed by atoms with Crippen LogP contribution in [0.4, 0.5) is 0 Å². The zero-order chi connectivity index (χ0) is 2.71. The predicted octanol–water partition coefficient (Wildman–Crippen LogP) is -0.0375. The normalized spacial score (nSPS) is 4.50. The molecule has 2 N–H and O–H groups in total. The second-order valence-corrected chi connectivity index (χ2v) is 0.408. The molecule has 0 fully saturated rings. The van der Waals surface area contributed by atoms with Gasteiger partial charge in [0.05, 0.1) is 0 Å². The monoisotopic (exact) mass is 100.0 g/mol. The summed E-state index contributed by atoms with van der Waals surface area (Å²) in [5, 5.41) is 0. The van der Waals surface area contributed by atoms with Gasteiger partial charge in [0, 0.05) is 17.1 Å². The van der Waals surface area contributed by atoms with E-state index in [4.69, 9.17) is 5.73 Å². The maximum Gasteiger partial charge on any atom is 0 e. The maximum absolute atomic E-state index is 4.85. The summed E-state index contributed by atoms with van der Waals surface area (Å²) in [6.45, 7) is 2.65. The van der Waals surface area contributed by atoms with E-state index in [1.807, 2.05) is 6.92 Å². The maximum atomic E-state index is 4.85. The molecule has 0 aliphatic rings. The van der Waals surface area contributed by atoms with E-state index in [2.05, 4.69) is 0 Å². The van der Waals surface area contributed by atoms with Crippen molar-refractivity contribution in [1.82, 2.24) is 0 Å². The molecular weight excluding hydrogens is 93.0 g/mol. The van der Waals surface area contributed by atoms with Crippen LogP contribution >= 0.6 is 0 Å². The van der Waals surface area contributed by atoms with Crippen molar-refractivity contribution >= 4 is 0 Å². The summed E-state index contributed by atoms with van der Waals surface area (Å²) in [6, 6.07) is 0. The molecule has 27 valence electrons. The molecule has 0 aliphatic carbocycles. The number of hydrogen-bond donors (Lipinski definition) is 1. The summed E-state index contributed by atoms with van der Waals surface area (Å²) < 4.78 is 0. The van der Waals surface area contributed by atoms with Crippen molar-refractivity contribution in [2.24, 2.45) is 5.73 Å². The third-order valence-electron chi connectivity index (χ3n) is 0. The molecule has 0 aromatic rings. The van der Waals surface area contributed by atoms with Crippen molar-refractivity contribution in [3.63, 3.8) is 0 Å². The van der Waals surface area contributed by atoms with Gasteiger partial charge in [-0.15, -0.1) is 0 Å². The molecule has 2 heteroatoms. The van der Waals surface area contributed by atoms with E-state index in [0.29, 0.717) is 0 Å². The first kappa shape index (κ1) is 8.82. The average Bonchev–Trinajstić information content (AvgIpc) is 0.918. The molecule has 0 heterocycles. The zero-order valence-electron chi connectivity index (χ0n) is 2.66. The number of rotatable bonds is 0. The van der Waals surface area contributed by atoms with Crippen molar-refractivity contribution in [3.8, 4) is 0 Å². The molecule has 0 aliphatic heterocycles. The van der Waals surface area contributed by atoms with Gasteiger partial charge in [-0.3, -0.25) is 0 Å².